The summed E-state index contributed by atoms with van der Waals surface area (Å²) in [5, 5.41) is 21.1. The Balaban J connectivity index is 1.86. The minimum absolute atomic E-state index is 0.301. The number of nitrogens with one attached hydrogen (secondary N) is 2. The van der Waals surface area contributed by atoms with Crippen LogP contribution in [0.15, 0.2) is 36.7 Å². The van der Waals surface area contributed by atoms with Gasteiger partial charge in [0.2, 0.25) is 0 Å². The van der Waals surface area contributed by atoms with Gasteiger partial charge in [0.1, 0.15) is 0 Å². The van der Waals surface area contributed by atoms with Crippen molar-refractivity contribution >= 4 is 17.4 Å². The van der Waals surface area contributed by atoms with Crippen LogP contribution in [-0.2, 0) is 17.8 Å². The van der Waals surface area contributed by atoms with Crippen molar-refractivity contribution in [3.05, 3.63) is 42.2 Å². The van der Waals surface area contributed by atoms with Crippen LogP contribution in [0.2, 0.25) is 0 Å². The second-order valence-corrected chi connectivity index (χ2v) is 5.73. The molecular weight excluding hydrogens is 322 g/mol. The number of carbonyl (C=O) groups is 1. The van der Waals surface area contributed by atoms with Crippen LogP contribution in [-0.4, -0.2) is 52.8 Å². The van der Waals surface area contributed by atoms with E-state index in [9.17, 15) is 9.90 Å². The van der Waals surface area contributed by atoms with Crippen LogP contribution < -0.4 is 10.6 Å². The highest BCUT2D eigenvalue weighted by atomic mass is 16.7. The number of nitrogens with zero attached hydrogens (tertiary/aromatic N) is 3. The first-order chi connectivity index (χ1) is 12.0. The van der Waals surface area contributed by atoms with Crippen molar-refractivity contribution in [1.29, 1.82) is 0 Å². The van der Waals surface area contributed by atoms with Crippen LogP contribution in [0.5, 0.6) is 0 Å². The fourth-order valence-electron chi connectivity index (χ4n) is 2.34. The molecule has 0 bridgehead atoms. The third-order valence-electron chi connectivity index (χ3n) is 3.66. The van der Waals surface area contributed by atoms with Crippen molar-refractivity contribution in [2.45, 2.75) is 26.0 Å². The second kappa shape index (κ2) is 9.16. The number of aryl methyl sites for hydroxylation is 1. The van der Waals surface area contributed by atoms with E-state index < -0.39 is 6.10 Å². The Labute approximate surface area is 147 Å². The van der Waals surface area contributed by atoms with Gasteiger partial charge >= 0.3 is 6.03 Å². The Morgan fingerprint density at radius 3 is 2.88 bits per heavy atom. The summed E-state index contributed by atoms with van der Waals surface area (Å²) >= 11 is 0. The predicted molar refractivity (Wildman–Crippen MR) is 96.3 cm³/mol. The van der Waals surface area contributed by atoms with Crippen LogP contribution in [0.1, 0.15) is 12.5 Å². The van der Waals surface area contributed by atoms with Gasteiger partial charge in [-0.1, -0.05) is 19.1 Å². The summed E-state index contributed by atoms with van der Waals surface area (Å²) in [6, 6.07) is 7.35. The number of aliphatic hydroxyl groups is 1. The molecule has 0 fully saturated rings. The van der Waals surface area contributed by atoms with E-state index in [0.29, 0.717) is 18.8 Å². The number of hydrogen-bond acceptors (Lipinski definition) is 5. The fourth-order valence-corrected chi connectivity index (χ4v) is 2.34. The van der Waals surface area contributed by atoms with Crippen molar-refractivity contribution in [2.75, 3.05) is 31.3 Å². The van der Waals surface area contributed by atoms with E-state index in [2.05, 4.69) is 22.7 Å². The molecule has 0 aliphatic carbocycles. The number of urea groups is 1. The van der Waals surface area contributed by atoms with Crippen LogP contribution in [0.4, 0.5) is 16.2 Å². The third kappa shape index (κ3) is 6.18. The van der Waals surface area contributed by atoms with Gasteiger partial charge in [0, 0.05) is 18.9 Å². The summed E-state index contributed by atoms with van der Waals surface area (Å²) in [7, 11) is 3.27. The van der Waals surface area contributed by atoms with Gasteiger partial charge in [0.05, 0.1) is 38.2 Å². The minimum atomic E-state index is -0.636. The molecule has 136 valence electrons. The molecular formula is C17H25N5O3. The van der Waals surface area contributed by atoms with Crippen LogP contribution >= 0.6 is 0 Å². The molecule has 1 atom stereocenters. The van der Waals surface area contributed by atoms with E-state index in [1.54, 1.807) is 17.9 Å². The molecule has 0 radical (unpaired) electrons. The standard InChI is InChI=1S/C17H25N5O3/c1-4-13-6-5-7-14(8-13)19-17(24)20-15-9-18-22(10-15)12-16(23)11-21(2)25-3/h5-10,16,23H,4,11-12H2,1-3H3,(H2,19,20,24)/t16-/m1/s1. The monoisotopic (exact) mass is 347 g/mol. The van der Waals surface area contributed by atoms with Gasteiger partial charge in [-0.15, -0.1) is 0 Å². The van der Waals surface area contributed by atoms with Gasteiger partial charge in [-0.25, -0.2) is 4.79 Å². The molecule has 25 heavy (non-hydrogen) atoms. The summed E-state index contributed by atoms with van der Waals surface area (Å²) in [5.41, 5.74) is 2.44. The lowest BCUT2D eigenvalue weighted by molar-refractivity contribution is -0.129. The Morgan fingerprint density at radius 1 is 1.40 bits per heavy atom. The van der Waals surface area contributed by atoms with Crippen LogP contribution in [0.25, 0.3) is 0 Å². The average molecular weight is 347 g/mol. The van der Waals surface area contributed by atoms with Crippen LogP contribution in [0.3, 0.4) is 0 Å². The maximum Gasteiger partial charge on any atom is 0.323 e. The Kier molecular flexibility index (Phi) is 6.93. The number of hydrogen-bond donors (Lipinski definition) is 3. The molecule has 2 aromatic rings. The topological polar surface area (TPSA) is 91.7 Å². The molecule has 2 amide bonds. The summed E-state index contributed by atoms with van der Waals surface area (Å²) in [6.45, 7) is 2.72. The number of rotatable bonds is 8. The lowest BCUT2D eigenvalue weighted by Crippen LogP contribution is -2.31. The second-order valence-electron chi connectivity index (χ2n) is 5.73. The molecule has 1 aromatic carbocycles. The molecule has 0 saturated carbocycles. The minimum Gasteiger partial charge on any atom is -0.390 e. The summed E-state index contributed by atoms with van der Waals surface area (Å²) in [4.78, 5) is 17.0. The van der Waals surface area contributed by atoms with Gasteiger partial charge in [0.15, 0.2) is 0 Å². The summed E-state index contributed by atoms with van der Waals surface area (Å²) in [5.74, 6) is 0. The Hall–Kier alpha value is -2.42. The van der Waals surface area contributed by atoms with Gasteiger partial charge in [-0.3, -0.25) is 4.68 Å². The zero-order valence-corrected chi connectivity index (χ0v) is 14.8. The SMILES string of the molecule is CCc1cccc(NC(=O)Nc2cnn(C[C@H](O)CN(C)OC)c2)c1. The molecule has 0 spiro atoms. The first-order valence-corrected chi connectivity index (χ1v) is 8.13. The average Bonchev–Trinajstić information content (AvgIpc) is 3.01. The van der Waals surface area contributed by atoms with Gasteiger partial charge < -0.3 is 20.6 Å². The number of likely N-dealkylation sites (N-methyl/N-ethyl adjacent to an activating group) is 1. The number of amides is 2. The van der Waals surface area contributed by atoms with Crippen molar-refractivity contribution in [3.8, 4) is 0 Å². The van der Waals surface area contributed by atoms with E-state index >= 15 is 0 Å². The molecule has 0 aliphatic heterocycles. The zero-order chi connectivity index (χ0) is 18.2. The van der Waals surface area contributed by atoms with Crippen LogP contribution in [0, 0.1) is 0 Å². The maximum atomic E-state index is 12.1. The molecule has 1 aromatic heterocycles. The number of aliphatic hydroxyl groups excluding tert-OH is 1. The summed E-state index contributed by atoms with van der Waals surface area (Å²) < 4.78 is 1.57. The largest absolute Gasteiger partial charge is 0.390 e. The first-order valence-electron chi connectivity index (χ1n) is 8.13. The smallest absolute Gasteiger partial charge is 0.323 e. The number of hydroxylamine groups is 2. The molecule has 1 heterocycles. The first kappa shape index (κ1) is 18.9. The number of benzene rings is 1. The quantitative estimate of drug-likeness (QED) is 0.635. The lowest BCUT2D eigenvalue weighted by Gasteiger charge is -2.17. The zero-order valence-electron chi connectivity index (χ0n) is 14.8. The molecule has 3 N–H and O–H groups in total. The molecule has 8 heteroatoms. The maximum absolute atomic E-state index is 12.1. The Morgan fingerprint density at radius 2 is 2.16 bits per heavy atom. The Bertz CT molecular complexity index is 688. The molecule has 2 rings (SSSR count). The van der Waals surface area contributed by atoms with Crippen molar-refractivity contribution in [3.63, 3.8) is 0 Å². The fraction of sp³-hybridized carbons (Fsp3) is 0.412. The highest BCUT2D eigenvalue weighted by Crippen LogP contribution is 2.12. The number of aromatic nitrogens is 2. The predicted octanol–water partition coefficient (Wildman–Crippen LogP) is 1.94. The lowest BCUT2D eigenvalue weighted by atomic mass is 10.1. The highest BCUT2D eigenvalue weighted by Gasteiger charge is 2.11. The normalized spacial score (nSPS) is 12.2. The van der Waals surface area contributed by atoms with Crippen molar-refractivity contribution < 1.29 is 14.7 Å². The highest BCUT2D eigenvalue weighted by molar-refractivity contribution is 5.99. The van der Waals surface area contributed by atoms with Crippen molar-refractivity contribution in [2.24, 2.45) is 0 Å². The van der Waals surface area contributed by atoms with E-state index in [1.807, 2.05) is 24.3 Å². The van der Waals surface area contributed by atoms with E-state index in [0.717, 1.165) is 17.7 Å². The van der Waals surface area contributed by atoms with E-state index in [-0.39, 0.29) is 6.03 Å². The van der Waals surface area contributed by atoms with Gasteiger partial charge in [-0.05, 0) is 24.1 Å². The summed E-state index contributed by atoms with van der Waals surface area (Å²) in [6.07, 6.45) is 3.47. The molecule has 0 saturated heterocycles. The molecule has 0 unspecified atom stereocenters. The van der Waals surface area contributed by atoms with Crippen molar-refractivity contribution in [1.82, 2.24) is 14.8 Å². The third-order valence-corrected chi connectivity index (χ3v) is 3.66. The number of carbonyl (C=O) groups excluding carboxylic acids is 1. The molecule has 8 nitrogen and oxygen atoms in total. The van der Waals surface area contributed by atoms with Gasteiger partial charge in [0.25, 0.3) is 0 Å². The number of anilines is 2. The molecule has 0 aliphatic rings. The van der Waals surface area contributed by atoms with E-state index in [1.165, 1.54) is 18.4 Å². The van der Waals surface area contributed by atoms with E-state index in [4.69, 9.17) is 4.84 Å². The van der Waals surface area contributed by atoms with Gasteiger partial charge in [-0.2, -0.15) is 10.2 Å².